The molecule has 10 nitrogen and oxygen atoms in total. The van der Waals surface area contributed by atoms with E-state index in [1.165, 1.54) is 38.8 Å². The van der Waals surface area contributed by atoms with Crippen LogP contribution in [-0.2, 0) is 10.0 Å². The van der Waals surface area contributed by atoms with Gasteiger partial charge in [0, 0.05) is 18.8 Å². The van der Waals surface area contributed by atoms with E-state index in [1.54, 1.807) is 31.5 Å². The molecule has 2 heterocycles. The van der Waals surface area contributed by atoms with E-state index >= 15 is 0 Å². The molecule has 1 aliphatic rings. The van der Waals surface area contributed by atoms with Gasteiger partial charge in [0.05, 0.1) is 23.0 Å². The van der Waals surface area contributed by atoms with Crippen LogP contribution < -0.4 is 24.8 Å². The second-order valence-electron chi connectivity index (χ2n) is 8.81. The van der Waals surface area contributed by atoms with Crippen molar-refractivity contribution in [1.82, 2.24) is 19.6 Å². The van der Waals surface area contributed by atoms with Crippen molar-refractivity contribution in [3.63, 3.8) is 0 Å². The van der Waals surface area contributed by atoms with Gasteiger partial charge in [-0.15, -0.1) is 0 Å². The van der Waals surface area contributed by atoms with Crippen LogP contribution in [0.3, 0.4) is 0 Å². The van der Waals surface area contributed by atoms with Crippen molar-refractivity contribution in [3.8, 4) is 11.5 Å². The van der Waals surface area contributed by atoms with Crippen molar-refractivity contribution in [2.45, 2.75) is 30.6 Å². The van der Waals surface area contributed by atoms with Gasteiger partial charge >= 0.3 is 0 Å². The van der Waals surface area contributed by atoms with Gasteiger partial charge in [-0.3, -0.25) is 4.90 Å². The van der Waals surface area contributed by atoms with E-state index in [2.05, 4.69) is 46.2 Å². The SMILES string of the molecule is CNS(=O)(=O)c1ccccc1Nc1nc(Nc2cc(OCCN3CCCCCC3)ccc2OC)ncc1Br. The molecule has 2 aromatic carbocycles. The minimum absolute atomic E-state index is 0.106. The summed E-state index contributed by atoms with van der Waals surface area (Å²) < 4.78 is 39.4. The van der Waals surface area contributed by atoms with Crippen LogP contribution in [0.15, 0.2) is 58.0 Å². The number of hydrogen-bond acceptors (Lipinski definition) is 9. The molecule has 0 atom stereocenters. The van der Waals surface area contributed by atoms with Gasteiger partial charge in [-0.2, -0.15) is 4.98 Å². The number of nitrogens with one attached hydrogen (secondary N) is 3. The number of sulfonamides is 1. The summed E-state index contributed by atoms with van der Waals surface area (Å²) in [6.07, 6.45) is 6.69. The summed E-state index contributed by atoms with van der Waals surface area (Å²) in [6.45, 7) is 3.75. The standard InChI is InChI=1S/C26H33BrN6O4S/c1-28-38(34,35)24-10-6-5-9-21(24)30-25-20(27)18-29-26(32-25)31-22-17-19(11-12-23(22)36-2)37-16-15-33-13-7-3-4-8-14-33/h5-6,9-12,17-18,28H,3-4,7-8,13-16H2,1-2H3,(H2,29,30,31,32). The average molecular weight is 606 g/mol. The third-order valence-corrected chi connectivity index (χ3v) is 8.29. The summed E-state index contributed by atoms with van der Waals surface area (Å²) in [4.78, 5) is 11.5. The van der Waals surface area contributed by atoms with Crippen LogP contribution in [-0.4, -0.2) is 63.7 Å². The van der Waals surface area contributed by atoms with Crippen molar-refractivity contribution >= 4 is 49.1 Å². The van der Waals surface area contributed by atoms with Crippen molar-refractivity contribution in [3.05, 3.63) is 53.1 Å². The second kappa shape index (κ2) is 13.2. The van der Waals surface area contributed by atoms with Crippen molar-refractivity contribution in [2.75, 3.05) is 51.0 Å². The molecule has 0 bridgehead atoms. The van der Waals surface area contributed by atoms with Crippen molar-refractivity contribution in [1.29, 1.82) is 0 Å². The highest BCUT2D eigenvalue weighted by atomic mass is 79.9. The molecule has 0 amide bonds. The fourth-order valence-electron chi connectivity index (χ4n) is 4.20. The Morgan fingerprint density at radius 3 is 2.53 bits per heavy atom. The summed E-state index contributed by atoms with van der Waals surface area (Å²) in [7, 11) is -0.709. The number of likely N-dealkylation sites (tertiary alicyclic amines) is 1. The lowest BCUT2D eigenvalue weighted by Crippen LogP contribution is -2.29. The summed E-state index contributed by atoms with van der Waals surface area (Å²) >= 11 is 3.44. The molecular formula is C26H33BrN6O4S. The Morgan fingerprint density at radius 1 is 1.03 bits per heavy atom. The first-order chi connectivity index (χ1) is 18.4. The summed E-state index contributed by atoms with van der Waals surface area (Å²) in [6, 6.07) is 12.2. The molecule has 0 saturated carbocycles. The number of halogens is 1. The predicted molar refractivity (Wildman–Crippen MR) is 152 cm³/mol. The summed E-state index contributed by atoms with van der Waals surface area (Å²) in [5, 5.41) is 6.29. The van der Waals surface area contributed by atoms with Crippen LogP contribution in [0.5, 0.6) is 11.5 Å². The van der Waals surface area contributed by atoms with Gasteiger partial charge in [0.2, 0.25) is 16.0 Å². The quantitative estimate of drug-likeness (QED) is 0.281. The fourth-order valence-corrected chi connectivity index (χ4v) is 5.38. The average Bonchev–Trinajstić information content (AvgIpc) is 3.20. The molecule has 0 unspecified atom stereocenters. The van der Waals surface area contributed by atoms with E-state index in [0.29, 0.717) is 45.7 Å². The smallest absolute Gasteiger partial charge is 0.242 e. The van der Waals surface area contributed by atoms with Gasteiger partial charge in [-0.05, 0) is 73.2 Å². The van der Waals surface area contributed by atoms with Gasteiger partial charge in [0.1, 0.15) is 28.8 Å². The third kappa shape index (κ3) is 7.34. The Labute approximate surface area is 232 Å². The van der Waals surface area contributed by atoms with E-state index in [-0.39, 0.29) is 4.90 Å². The highest BCUT2D eigenvalue weighted by molar-refractivity contribution is 9.10. The number of para-hydroxylation sites is 1. The maximum Gasteiger partial charge on any atom is 0.242 e. The van der Waals surface area contributed by atoms with Gasteiger partial charge in [-0.1, -0.05) is 25.0 Å². The Hall–Kier alpha value is -2.93. The van der Waals surface area contributed by atoms with Crippen molar-refractivity contribution < 1.29 is 17.9 Å². The number of rotatable bonds is 11. The number of methoxy groups -OCH3 is 1. The largest absolute Gasteiger partial charge is 0.495 e. The van der Waals surface area contributed by atoms with Gasteiger partial charge in [-0.25, -0.2) is 18.1 Å². The molecule has 1 fully saturated rings. The molecule has 12 heteroatoms. The van der Waals surface area contributed by atoms with Gasteiger partial charge < -0.3 is 20.1 Å². The maximum atomic E-state index is 12.5. The van der Waals surface area contributed by atoms with Crippen LogP contribution in [0.2, 0.25) is 0 Å². The first-order valence-electron chi connectivity index (χ1n) is 12.5. The maximum absolute atomic E-state index is 12.5. The number of ether oxygens (including phenoxy) is 2. The number of aromatic nitrogens is 2. The molecule has 38 heavy (non-hydrogen) atoms. The van der Waals surface area contributed by atoms with E-state index in [0.717, 1.165) is 19.6 Å². The minimum atomic E-state index is -3.67. The Balaban J connectivity index is 1.49. The molecule has 204 valence electrons. The van der Waals surface area contributed by atoms with E-state index in [4.69, 9.17) is 9.47 Å². The molecular weight excluding hydrogens is 572 g/mol. The van der Waals surface area contributed by atoms with E-state index in [1.807, 2.05) is 18.2 Å². The zero-order valence-corrected chi connectivity index (χ0v) is 23.9. The first-order valence-corrected chi connectivity index (χ1v) is 14.8. The minimum Gasteiger partial charge on any atom is -0.495 e. The van der Waals surface area contributed by atoms with Gasteiger partial charge in [0.25, 0.3) is 0 Å². The molecule has 0 radical (unpaired) electrons. The lowest BCUT2D eigenvalue weighted by Gasteiger charge is -2.20. The highest BCUT2D eigenvalue weighted by Crippen LogP contribution is 2.33. The number of anilines is 4. The monoisotopic (exact) mass is 604 g/mol. The Morgan fingerprint density at radius 2 is 1.79 bits per heavy atom. The number of benzene rings is 2. The summed E-state index contributed by atoms with van der Waals surface area (Å²) in [5.41, 5.74) is 1.02. The highest BCUT2D eigenvalue weighted by Gasteiger charge is 2.18. The molecule has 0 spiro atoms. The van der Waals surface area contributed by atoms with Crippen LogP contribution in [0.1, 0.15) is 25.7 Å². The number of nitrogens with zero attached hydrogens (tertiary/aromatic N) is 3. The topological polar surface area (TPSA) is 118 Å². The normalized spacial score (nSPS) is 14.5. The first kappa shape index (κ1) is 28.1. The lowest BCUT2D eigenvalue weighted by atomic mass is 10.2. The van der Waals surface area contributed by atoms with E-state index < -0.39 is 10.0 Å². The zero-order valence-electron chi connectivity index (χ0n) is 21.5. The Bertz CT molecular complexity index is 1330. The fraction of sp³-hybridized carbons (Fsp3) is 0.385. The second-order valence-corrected chi connectivity index (χ2v) is 11.5. The van der Waals surface area contributed by atoms with E-state index in [9.17, 15) is 8.42 Å². The predicted octanol–water partition coefficient (Wildman–Crippen LogP) is 4.90. The molecule has 3 N–H and O–H groups in total. The lowest BCUT2D eigenvalue weighted by molar-refractivity contribution is 0.214. The van der Waals surface area contributed by atoms with Crippen LogP contribution >= 0.6 is 15.9 Å². The van der Waals surface area contributed by atoms with Crippen LogP contribution in [0.25, 0.3) is 0 Å². The molecule has 4 rings (SSSR count). The molecule has 1 aliphatic heterocycles. The van der Waals surface area contributed by atoms with Gasteiger partial charge in [0.15, 0.2) is 0 Å². The van der Waals surface area contributed by atoms with Crippen LogP contribution in [0, 0.1) is 0 Å². The number of hydrogen-bond donors (Lipinski definition) is 3. The molecule has 1 saturated heterocycles. The molecule has 1 aromatic heterocycles. The summed E-state index contributed by atoms with van der Waals surface area (Å²) in [5.74, 6) is 2.01. The molecule has 0 aliphatic carbocycles. The Kier molecular flexibility index (Phi) is 9.78. The van der Waals surface area contributed by atoms with Crippen molar-refractivity contribution in [2.24, 2.45) is 0 Å². The molecule has 3 aromatic rings. The van der Waals surface area contributed by atoms with Crippen LogP contribution in [0.4, 0.5) is 23.1 Å². The third-order valence-electron chi connectivity index (χ3n) is 6.23. The zero-order chi connectivity index (χ0) is 27.0.